The van der Waals surface area contributed by atoms with Gasteiger partial charge in [0.25, 0.3) is 0 Å². The Morgan fingerprint density at radius 1 is 1.35 bits per heavy atom. The monoisotopic (exact) mass is 232 g/mol. The summed E-state index contributed by atoms with van der Waals surface area (Å²) in [7, 11) is 0. The van der Waals surface area contributed by atoms with Gasteiger partial charge in [-0.2, -0.15) is 0 Å². The van der Waals surface area contributed by atoms with E-state index in [1.54, 1.807) is 0 Å². The summed E-state index contributed by atoms with van der Waals surface area (Å²) in [5.41, 5.74) is 8.87. The van der Waals surface area contributed by atoms with Crippen molar-refractivity contribution < 1.29 is 0 Å². The van der Waals surface area contributed by atoms with Crippen LogP contribution >= 0.6 is 0 Å². The van der Waals surface area contributed by atoms with E-state index in [1.165, 1.54) is 37.2 Å². The lowest BCUT2D eigenvalue weighted by Gasteiger charge is -2.24. The van der Waals surface area contributed by atoms with Gasteiger partial charge in [-0.05, 0) is 30.4 Å². The van der Waals surface area contributed by atoms with Gasteiger partial charge in [-0.25, -0.2) is 0 Å². The molecule has 1 fully saturated rings. The van der Waals surface area contributed by atoms with Gasteiger partial charge in [0.15, 0.2) is 0 Å². The Morgan fingerprint density at radius 2 is 2.12 bits per heavy atom. The van der Waals surface area contributed by atoms with Gasteiger partial charge < -0.3 is 10.6 Å². The smallest absolute Gasteiger partial charge is 0.0414 e. The molecule has 1 unspecified atom stereocenters. The Labute approximate surface area is 105 Å². The molecule has 0 spiro atoms. The van der Waals surface area contributed by atoms with E-state index in [0.29, 0.717) is 0 Å². The van der Waals surface area contributed by atoms with Gasteiger partial charge in [0.2, 0.25) is 0 Å². The molecule has 0 saturated carbocycles. The quantitative estimate of drug-likeness (QED) is 0.862. The molecule has 0 aromatic heterocycles. The maximum atomic E-state index is 6.20. The Hall–Kier alpha value is -1.02. The third-order valence-electron chi connectivity index (χ3n) is 3.98. The number of hydrogen-bond acceptors (Lipinski definition) is 2. The van der Waals surface area contributed by atoms with Gasteiger partial charge in [-0.15, -0.1) is 0 Å². The zero-order valence-electron chi connectivity index (χ0n) is 11.0. The zero-order chi connectivity index (χ0) is 12.3. The molecule has 1 aromatic carbocycles. The van der Waals surface area contributed by atoms with Crippen molar-refractivity contribution in [3.05, 3.63) is 29.8 Å². The summed E-state index contributed by atoms with van der Waals surface area (Å²) in [5.74, 6) is 0.862. The molecular formula is C15H24N2. The van der Waals surface area contributed by atoms with Crippen molar-refractivity contribution >= 4 is 5.69 Å². The summed E-state index contributed by atoms with van der Waals surface area (Å²) in [6.45, 7) is 6.83. The fourth-order valence-corrected chi connectivity index (χ4v) is 2.69. The van der Waals surface area contributed by atoms with Gasteiger partial charge in [-0.1, -0.05) is 38.5 Å². The van der Waals surface area contributed by atoms with Crippen molar-refractivity contribution in [1.82, 2.24) is 0 Å². The van der Waals surface area contributed by atoms with Crippen molar-refractivity contribution in [3.63, 3.8) is 0 Å². The number of rotatable bonds is 4. The van der Waals surface area contributed by atoms with Crippen molar-refractivity contribution in [2.24, 2.45) is 11.7 Å². The van der Waals surface area contributed by atoms with Crippen molar-refractivity contribution in [3.8, 4) is 0 Å². The van der Waals surface area contributed by atoms with E-state index in [-0.39, 0.29) is 6.04 Å². The van der Waals surface area contributed by atoms with Crippen LogP contribution in [0.15, 0.2) is 24.3 Å². The van der Waals surface area contributed by atoms with Crippen LogP contribution in [0.4, 0.5) is 5.69 Å². The zero-order valence-corrected chi connectivity index (χ0v) is 11.0. The second-order valence-electron chi connectivity index (χ2n) is 5.08. The molecule has 0 bridgehead atoms. The molecule has 1 heterocycles. The molecule has 1 saturated heterocycles. The standard InChI is InChI=1S/C15H24N2/c1-3-12-9-10-17(11-12)15-8-6-5-7-13(15)14(16)4-2/h5-8,12,14H,3-4,9-11,16H2,1-2H3/t12?,14-/m0/s1. The molecule has 1 aliphatic heterocycles. The Bertz CT molecular complexity index is 362. The van der Waals surface area contributed by atoms with Crippen LogP contribution in [0, 0.1) is 5.92 Å². The van der Waals surface area contributed by atoms with Crippen molar-refractivity contribution in [2.75, 3.05) is 18.0 Å². The molecule has 2 nitrogen and oxygen atoms in total. The average molecular weight is 232 g/mol. The Balaban J connectivity index is 2.20. The highest BCUT2D eigenvalue weighted by molar-refractivity contribution is 5.55. The summed E-state index contributed by atoms with van der Waals surface area (Å²) in [6.07, 6.45) is 3.62. The average Bonchev–Trinajstić information content (AvgIpc) is 2.86. The molecule has 1 aliphatic rings. The topological polar surface area (TPSA) is 29.3 Å². The predicted molar refractivity (Wildman–Crippen MR) is 74.3 cm³/mol. The van der Waals surface area contributed by atoms with Crippen molar-refractivity contribution in [1.29, 1.82) is 0 Å². The number of nitrogens with zero attached hydrogens (tertiary/aromatic N) is 1. The fraction of sp³-hybridized carbons (Fsp3) is 0.600. The highest BCUT2D eigenvalue weighted by Gasteiger charge is 2.23. The molecule has 0 amide bonds. The number of anilines is 1. The lowest BCUT2D eigenvalue weighted by molar-refractivity contribution is 0.568. The van der Waals surface area contributed by atoms with Gasteiger partial charge >= 0.3 is 0 Å². The lowest BCUT2D eigenvalue weighted by Crippen LogP contribution is -2.23. The minimum Gasteiger partial charge on any atom is -0.371 e. The lowest BCUT2D eigenvalue weighted by atomic mass is 10.0. The van der Waals surface area contributed by atoms with Crippen LogP contribution in [-0.2, 0) is 0 Å². The Kier molecular flexibility index (Phi) is 4.06. The van der Waals surface area contributed by atoms with E-state index >= 15 is 0 Å². The molecule has 2 N–H and O–H groups in total. The first-order valence-electron chi connectivity index (χ1n) is 6.85. The van der Waals surface area contributed by atoms with Crippen molar-refractivity contribution in [2.45, 2.75) is 39.2 Å². The number of hydrogen-bond donors (Lipinski definition) is 1. The highest BCUT2D eigenvalue weighted by atomic mass is 15.2. The highest BCUT2D eigenvalue weighted by Crippen LogP contribution is 2.31. The maximum absolute atomic E-state index is 6.20. The largest absolute Gasteiger partial charge is 0.371 e. The van der Waals surface area contributed by atoms with Crippen LogP contribution in [0.3, 0.4) is 0 Å². The van der Waals surface area contributed by atoms with E-state index in [2.05, 4.69) is 43.0 Å². The maximum Gasteiger partial charge on any atom is 0.0414 e. The number of benzene rings is 1. The van der Waals surface area contributed by atoms with E-state index < -0.39 is 0 Å². The van der Waals surface area contributed by atoms with Crippen LogP contribution in [0.25, 0.3) is 0 Å². The number of para-hydroxylation sites is 1. The third-order valence-corrected chi connectivity index (χ3v) is 3.98. The van der Waals surface area contributed by atoms with Gasteiger partial charge in [-0.3, -0.25) is 0 Å². The first-order valence-corrected chi connectivity index (χ1v) is 6.85. The van der Waals surface area contributed by atoms with E-state index in [1.807, 2.05) is 0 Å². The van der Waals surface area contributed by atoms with E-state index in [0.717, 1.165) is 12.3 Å². The fourth-order valence-electron chi connectivity index (χ4n) is 2.69. The summed E-state index contributed by atoms with van der Waals surface area (Å²) in [5, 5.41) is 0. The minimum absolute atomic E-state index is 0.173. The summed E-state index contributed by atoms with van der Waals surface area (Å²) in [4.78, 5) is 2.51. The van der Waals surface area contributed by atoms with Crippen LogP contribution in [-0.4, -0.2) is 13.1 Å². The minimum atomic E-state index is 0.173. The SMILES string of the molecule is CCC1CCN(c2ccccc2[C@@H](N)CC)C1. The third kappa shape index (κ3) is 2.63. The van der Waals surface area contributed by atoms with Crippen LogP contribution in [0.1, 0.15) is 44.7 Å². The second-order valence-corrected chi connectivity index (χ2v) is 5.08. The predicted octanol–water partition coefficient (Wildman–Crippen LogP) is 3.33. The second kappa shape index (κ2) is 5.54. The normalized spacial score (nSPS) is 21.8. The first-order chi connectivity index (χ1) is 8.26. The van der Waals surface area contributed by atoms with E-state index in [4.69, 9.17) is 5.73 Å². The molecule has 1 aromatic rings. The molecule has 17 heavy (non-hydrogen) atoms. The summed E-state index contributed by atoms with van der Waals surface area (Å²) < 4.78 is 0. The number of nitrogens with two attached hydrogens (primary N) is 1. The van der Waals surface area contributed by atoms with Gasteiger partial charge in [0.05, 0.1) is 0 Å². The van der Waals surface area contributed by atoms with Gasteiger partial charge in [0.1, 0.15) is 0 Å². The Morgan fingerprint density at radius 3 is 2.76 bits per heavy atom. The molecule has 2 atom stereocenters. The van der Waals surface area contributed by atoms with Gasteiger partial charge in [0, 0.05) is 24.8 Å². The molecular weight excluding hydrogens is 208 g/mol. The van der Waals surface area contributed by atoms with Crippen LogP contribution in [0.2, 0.25) is 0 Å². The molecule has 94 valence electrons. The molecule has 2 rings (SSSR count). The summed E-state index contributed by atoms with van der Waals surface area (Å²) >= 11 is 0. The molecule has 0 aliphatic carbocycles. The molecule has 0 radical (unpaired) electrons. The molecule has 2 heteroatoms. The van der Waals surface area contributed by atoms with Crippen LogP contribution < -0.4 is 10.6 Å². The first kappa shape index (κ1) is 12.4. The van der Waals surface area contributed by atoms with Crippen LogP contribution in [0.5, 0.6) is 0 Å². The summed E-state index contributed by atoms with van der Waals surface area (Å²) in [6, 6.07) is 8.81. The van der Waals surface area contributed by atoms with E-state index in [9.17, 15) is 0 Å².